The second-order valence-electron chi connectivity index (χ2n) is 4.53. The number of benzene rings is 2. The third kappa shape index (κ3) is 3.36. The Morgan fingerprint density at radius 1 is 1.09 bits per heavy atom. The van der Waals surface area contributed by atoms with Gasteiger partial charge in [-0.25, -0.2) is 9.18 Å². The van der Waals surface area contributed by atoms with Gasteiger partial charge >= 0.3 is 12.1 Å². The van der Waals surface area contributed by atoms with Crippen molar-refractivity contribution in [3.05, 3.63) is 58.9 Å². The summed E-state index contributed by atoms with van der Waals surface area (Å²) in [5, 5.41) is 9.03. The van der Waals surface area contributed by atoms with Gasteiger partial charge in [0.25, 0.3) is 0 Å². The van der Waals surface area contributed by atoms with Crippen LogP contribution in [-0.2, 0) is 6.18 Å². The first kappa shape index (κ1) is 15.8. The molecule has 3 nitrogen and oxygen atoms in total. The quantitative estimate of drug-likeness (QED) is 0.839. The summed E-state index contributed by atoms with van der Waals surface area (Å²) in [4.78, 5) is 11.1. The number of rotatable bonds is 3. The van der Waals surface area contributed by atoms with E-state index in [4.69, 9.17) is 9.84 Å². The summed E-state index contributed by atoms with van der Waals surface area (Å²) in [5.74, 6) is -2.35. The molecule has 0 saturated carbocycles. The monoisotopic (exact) mass is 314 g/mol. The van der Waals surface area contributed by atoms with Crippen molar-refractivity contribution in [2.45, 2.75) is 13.1 Å². The van der Waals surface area contributed by atoms with Crippen molar-refractivity contribution in [1.82, 2.24) is 0 Å². The van der Waals surface area contributed by atoms with Gasteiger partial charge in [0.15, 0.2) is 0 Å². The second kappa shape index (κ2) is 5.67. The Bertz CT molecular complexity index is 723. The average molecular weight is 314 g/mol. The van der Waals surface area contributed by atoms with Crippen LogP contribution >= 0.6 is 0 Å². The summed E-state index contributed by atoms with van der Waals surface area (Å²) in [6, 6.07) is 5.50. The lowest BCUT2D eigenvalue weighted by Gasteiger charge is -2.14. The summed E-state index contributed by atoms with van der Waals surface area (Å²) >= 11 is 0. The van der Waals surface area contributed by atoms with Gasteiger partial charge in [-0.15, -0.1) is 0 Å². The molecule has 0 radical (unpaired) electrons. The van der Waals surface area contributed by atoms with E-state index in [1.165, 1.54) is 13.0 Å². The number of aryl methyl sites for hydroxylation is 1. The Kier molecular flexibility index (Phi) is 4.07. The summed E-state index contributed by atoms with van der Waals surface area (Å²) in [6.45, 7) is 1.49. The van der Waals surface area contributed by atoms with Crippen molar-refractivity contribution in [3.8, 4) is 11.5 Å². The van der Waals surface area contributed by atoms with Gasteiger partial charge in [-0.3, -0.25) is 0 Å². The number of carbonyl (C=O) groups is 1. The molecule has 2 aromatic carbocycles. The van der Waals surface area contributed by atoms with E-state index in [1.807, 2.05) is 0 Å². The highest BCUT2D eigenvalue weighted by Gasteiger charge is 2.32. The number of carboxylic acids is 1. The lowest BCUT2D eigenvalue weighted by Crippen LogP contribution is -2.08. The van der Waals surface area contributed by atoms with Gasteiger partial charge in [-0.1, -0.05) is 0 Å². The van der Waals surface area contributed by atoms with Crippen LogP contribution in [0.1, 0.15) is 21.5 Å². The predicted molar refractivity (Wildman–Crippen MR) is 69.6 cm³/mol. The molecule has 0 aliphatic heterocycles. The van der Waals surface area contributed by atoms with Crippen LogP contribution in [0, 0.1) is 12.7 Å². The molecule has 2 rings (SSSR count). The Balaban J connectivity index is 2.49. The van der Waals surface area contributed by atoms with Crippen LogP contribution in [0.5, 0.6) is 11.5 Å². The predicted octanol–water partition coefficient (Wildman–Crippen LogP) is 4.64. The number of carboxylic acid groups (broad SMARTS) is 1. The molecule has 7 heteroatoms. The van der Waals surface area contributed by atoms with Gasteiger partial charge in [-0.05, 0) is 48.9 Å². The van der Waals surface area contributed by atoms with E-state index in [-0.39, 0.29) is 5.75 Å². The van der Waals surface area contributed by atoms with Gasteiger partial charge in [0.1, 0.15) is 22.9 Å². The molecule has 0 atom stereocenters. The molecule has 1 N–H and O–H groups in total. The Morgan fingerprint density at radius 2 is 1.77 bits per heavy atom. The van der Waals surface area contributed by atoms with Crippen LogP contribution in [-0.4, -0.2) is 11.1 Å². The first-order valence-corrected chi connectivity index (χ1v) is 6.07. The van der Waals surface area contributed by atoms with Crippen LogP contribution in [0.3, 0.4) is 0 Å². The van der Waals surface area contributed by atoms with Gasteiger partial charge in [0, 0.05) is 0 Å². The smallest absolute Gasteiger partial charge is 0.416 e. The van der Waals surface area contributed by atoms with Crippen molar-refractivity contribution in [1.29, 1.82) is 0 Å². The van der Waals surface area contributed by atoms with Crippen LogP contribution in [0.25, 0.3) is 0 Å². The molecular weight excluding hydrogens is 304 g/mol. The molecule has 2 aromatic rings. The van der Waals surface area contributed by atoms with E-state index in [0.717, 1.165) is 18.2 Å². The molecule has 0 heterocycles. The van der Waals surface area contributed by atoms with E-state index in [9.17, 15) is 22.4 Å². The number of hydrogen-bond acceptors (Lipinski definition) is 2. The third-order valence-electron chi connectivity index (χ3n) is 2.90. The summed E-state index contributed by atoms with van der Waals surface area (Å²) in [6.07, 6.45) is -4.63. The van der Waals surface area contributed by atoms with E-state index >= 15 is 0 Å². The fourth-order valence-electron chi connectivity index (χ4n) is 1.81. The normalized spacial score (nSPS) is 11.3. The third-order valence-corrected chi connectivity index (χ3v) is 2.90. The highest BCUT2D eigenvalue weighted by molar-refractivity contribution is 5.91. The van der Waals surface area contributed by atoms with Crippen LogP contribution in [0.15, 0.2) is 36.4 Å². The van der Waals surface area contributed by atoms with E-state index in [2.05, 4.69) is 0 Å². The maximum Gasteiger partial charge on any atom is 0.416 e. The fraction of sp³-hybridized carbons (Fsp3) is 0.133. The van der Waals surface area contributed by atoms with E-state index < -0.39 is 34.8 Å². The van der Waals surface area contributed by atoms with Crippen LogP contribution < -0.4 is 4.74 Å². The van der Waals surface area contributed by atoms with Crippen molar-refractivity contribution in [3.63, 3.8) is 0 Å². The first-order chi connectivity index (χ1) is 10.2. The lowest BCUT2D eigenvalue weighted by atomic mass is 10.1. The Hall–Kier alpha value is -2.57. The van der Waals surface area contributed by atoms with Gasteiger partial charge in [0.05, 0.1) is 5.56 Å². The largest absolute Gasteiger partial charge is 0.478 e. The summed E-state index contributed by atoms with van der Waals surface area (Å²) in [5.41, 5.74) is -1.13. The topological polar surface area (TPSA) is 46.5 Å². The van der Waals surface area contributed by atoms with Gasteiger partial charge < -0.3 is 9.84 Å². The Morgan fingerprint density at radius 3 is 2.32 bits per heavy atom. The van der Waals surface area contributed by atoms with Gasteiger partial charge in [0.2, 0.25) is 0 Å². The highest BCUT2D eigenvalue weighted by atomic mass is 19.4. The Labute approximate surface area is 122 Å². The fourth-order valence-corrected chi connectivity index (χ4v) is 1.81. The van der Waals surface area contributed by atoms with Crippen molar-refractivity contribution in [2.75, 3.05) is 0 Å². The van der Waals surface area contributed by atoms with E-state index in [0.29, 0.717) is 17.7 Å². The minimum Gasteiger partial charge on any atom is -0.478 e. The zero-order valence-corrected chi connectivity index (χ0v) is 11.2. The van der Waals surface area contributed by atoms with Gasteiger partial charge in [-0.2, -0.15) is 13.2 Å². The standard InChI is InChI=1S/C15H10F4O3/c1-8-6-10(16)3-5-12(8)22-13-7-9(15(17,18)19)2-4-11(13)14(20)21/h2-7H,1H3,(H,20,21). The molecule has 0 amide bonds. The summed E-state index contributed by atoms with van der Waals surface area (Å²) < 4.78 is 56.4. The molecule has 22 heavy (non-hydrogen) atoms. The molecule has 0 fully saturated rings. The van der Waals surface area contributed by atoms with Crippen LogP contribution in [0.4, 0.5) is 17.6 Å². The molecule has 0 spiro atoms. The van der Waals surface area contributed by atoms with Crippen molar-refractivity contribution >= 4 is 5.97 Å². The molecule has 0 aliphatic carbocycles. The average Bonchev–Trinajstić information content (AvgIpc) is 2.40. The van der Waals surface area contributed by atoms with Crippen LogP contribution in [0.2, 0.25) is 0 Å². The first-order valence-electron chi connectivity index (χ1n) is 6.07. The maximum absolute atomic E-state index is 13.0. The summed E-state index contributed by atoms with van der Waals surface area (Å²) in [7, 11) is 0. The lowest BCUT2D eigenvalue weighted by molar-refractivity contribution is -0.137. The molecule has 0 bridgehead atoms. The zero-order chi connectivity index (χ0) is 16.5. The minimum absolute atomic E-state index is 0.0724. The number of halogens is 4. The zero-order valence-electron chi connectivity index (χ0n) is 11.2. The molecular formula is C15H10F4O3. The van der Waals surface area contributed by atoms with Crippen molar-refractivity contribution in [2.24, 2.45) is 0 Å². The number of alkyl halides is 3. The van der Waals surface area contributed by atoms with Crippen molar-refractivity contribution < 1.29 is 32.2 Å². The highest BCUT2D eigenvalue weighted by Crippen LogP contribution is 2.35. The maximum atomic E-state index is 13.0. The molecule has 0 aliphatic rings. The minimum atomic E-state index is -4.63. The molecule has 0 unspecified atom stereocenters. The molecule has 0 aromatic heterocycles. The SMILES string of the molecule is Cc1cc(F)ccc1Oc1cc(C(F)(F)F)ccc1C(=O)O. The number of aromatic carboxylic acids is 1. The second-order valence-corrected chi connectivity index (χ2v) is 4.53. The number of ether oxygens (including phenoxy) is 1. The number of hydrogen-bond donors (Lipinski definition) is 1. The van der Waals surface area contributed by atoms with E-state index in [1.54, 1.807) is 0 Å². The molecule has 116 valence electrons. The molecule has 0 saturated heterocycles.